The van der Waals surface area contributed by atoms with Crippen molar-refractivity contribution in [3.63, 3.8) is 0 Å². The fourth-order valence-electron chi connectivity index (χ4n) is 2.72. The van der Waals surface area contributed by atoms with Gasteiger partial charge in [-0.2, -0.15) is 0 Å². The minimum Gasteiger partial charge on any atom is -0.480 e. The van der Waals surface area contributed by atoms with Crippen LogP contribution in [0.3, 0.4) is 0 Å². The third-order valence-electron chi connectivity index (χ3n) is 3.99. The second-order valence-corrected chi connectivity index (χ2v) is 6.39. The van der Waals surface area contributed by atoms with Gasteiger partial charge in [-0.25, -0.2) is 0 Å². The van der Waals surface area contributed by atoms with Gasteiger partial charge in [0.05, 0.1) is 26.2 Å². The molecule has 162 valence electrons. The smallest absolute Gasteiger partial charge is 0.317 e. The molecule has 1 fully saturated rings. The van der Waals surface area contributed by atoms with Crippen LogP contribution in [-0.2, 0) is 28.8 Å². The molecular weight excluding hydrogens is 392 g/mol. The van der Waals surface area contributed by atoms with E-state index >= 15 is 0 Å². The molecule has 0 aromatic carbocycles. The summed E-state index contributed by atoms with van der Waals surface area (Å²) in [5.74, 6) is -4.86. The number of amides is 3. The van der Waals surface area contributed by atoms with Crippen molar-refractivity contribution < 1.29 is 44.1 Å². The average Bonchev–Trinajstić information content (AvgIpc) is 2.90. The van der Waals surface area contributed by atoms with Gasteiger partial charge in [-0.3, -0.25) is 43.5 Å². The highest BCUT2D eigenvalue weighted by Crippen LogP contribution is 2.10. The number of hydrogen-bond donors (Lipinski definition) is 4. The lowest BCUT2D eigenvalue weighted by atomic mass is 10.3. The maximum Gasteiger partial charge on any atom is 0.317 e. The molecular formula is C16H24N4O9. The Bertz CT molecular complexity index is 635. The standard InChI is InChI=1S/C16H24N4O9/c21-11(17-3-4-20-12(22)1-2-13(20)23)7-18(8-14(24)25)5-6-19(9-15(26)27)10-16(28)29/h1-10H2,(H,17,21)(H,24,25)(H,26,27)(H,28,29). The number of hydrogen-bond acceptors (Lipinski definition) is 8. The molecule has 0 atom stereocenters. The number of carboxylic acids is 3. The Morgan fingerprint density at radius 1 is 0.793 bits per heavy atom. The number of carboxylic acid groups (broad SMARTS) is 3. The Kier molecular flexibility index (Phi) is 9.68. The number of nitrogens with one attached hydrogen (secondary N) is 1. The van der Waals surface area contributed by atoms with Crippen LogP contribution >= 0.6 is 0 Å². The molecule has 0 aromatic rings. The number of nitrogens with zero attached hydrogens (tertiary/aromatic N) is 3. The van der Waals surface area contributed by atoms with E-state index in [1.165, 1.54) is 4.90 Å². The van der Waals surface area contributed by atoms with Crippen LogP contribution in [0.5, 0.6) is 0 Å². The van der Waals surface area contributed by atoms with E-state index in [2.05, 4.69) is 5.32 Å². The minimum atomic E-state index is -1.24. The lowest BCUT2D eigenvalue weighted by Crippen LogP contribution is -2.46. The van der Waals surface area contributed by atoms with Crippen LogP contribution in [0, 0.1) is 0 Å². The molecule has 0 spiro atoms. The maximum atomic E-state index is 12.0. The van der Waals surface area contributed by atoms with E-state index < -0.39 is 43.4 Å². The zero-order valence-corrected chi connectivity index (χ0v) is 15.7. The molecule has 29 heavy (non-hydrogen) atoms. The van der Waals surface area contributed by atoms with Gasteiger partial charge in [-0.1, -0.05) is 0 Å². The molecule has 0 radical (unpaired) electrons. The predicted molar refractivity (Wildman–Crippen MR) is 94.8 cm³/mol. The first-order chi connectivity index (χ1) is 13.6. The molecule has 4 N–H and O–H groups in total. The van der Waals surface area contributed by atoms with Gasteiger partial charge < -0.3 is 20.6 Å². The van der Waals surface area contributed by atoms with Crippen molar-refractivity contribution in [3.8, 4) is 0 Å². The summed E-state index contributed by atoms with van der Waals surface area (Å²) >= 11 is 0. The molecule has 0 unspecified atom stereocenters. The Balaban J connectivity index is 2.51. The third kappa shape index (κ3) is 9.62. The summed E-state index contributed by atoms with van der Waals surface area (Å²) in [5, 5.41) is 29.1. The van der Waals surface area contributed by atoms with Gasteiger partial charge in [-0.05, 0) is 0 Å². The van der Waals surface area contributed by atoms with Crippen molar-refractivity contribution in [1.82, 2.24) is 20.0 Å². The van der Waals surface area contributed by atoms with Crippen molar-refractivity contribution in [2.24, 2.45) is 0 Å². The Hall–Kier alpha value is -3.06. The summed E-state index contributed by atoms with van der Waals surface area (Å²) in [4.78, 5) is 71.0. The quantitative estimate of drug-likeness (QED) is 0.213. The van der Waals surface area contributed by atoms with Gasteiger partial charge in [0.25, 0.3) is 0 Å². The molecule has 3 amide bonds. The molecule has 1 aliphatic rings. The minimum absolute atomic E-state index is 0.0153. The number of rotatable bonds is 14. The van der Waals surface area contributed by atoms with Crippen LogP contribution in [0.25, 0.3) is 0 Å². The lowest BCUT2D eigenvalue weighted by Gasteiger charge is -2.24. The maximum absolute atomic E-state index is 12.0. The van der Waals surface area contributed by atoms with Gasteiger partial charge in [0, 0.05) is 39.0 Å². The summed E-state index contributed by atoms with van der Waals surface area (Å²) in [6.07, 6.45) is 0.282. The highest BCUT2D eigenvalue weighted by atomic mass is 16.4. The van der Waals surface area contributed by atoms with Crippen LogP contribution in [0.2, 0.25) is 0 Å². The van der Waals surface area contributed by atoms with E-state index in [1.807, 2.05) is 0 Å². The topological polar surface area (TPSA) is 185 Å². The molecule has 0 saturated carbocycles. The van der Waals surface area contributed by atoms with Gasteiger partial charge in [0.1, 0.15) is 0 Å². The molecule has 1 rings (SSSR count). The van der Waals surface area contributed by atoms with E-state index in [0.29, 0.717) is 0 Å². The van der Waals surface area contributed by atoms with Crippen molar-refractivity contribution in [1.29, 1.82) is 0 Å². The number of aliphatic carboxylic acids is 3. The molecule has 1 heterocycles. The van der Waals surface area contributed by atoms with E-state index in [1.54, 1.807) is 0 Å². The highest BCUT2D eigenvalue weighted by Gasteiger charge is 2.28. The molecule has 13 heteroatoms. The normalized spacial score (nSPS) is 13.9. The number of carbonyl (C=O) groups excluding carboxylic acids is 3. The van der Waals surface area contributed by atoms with Crippen molar-refractivity contribution in [3.05, 3.63) is 0 Å². The molecule has 1 saturated heterocycles. The predicted octanol–water partition coefficient (Wildman–Crippen LogP) is -2.89. The molecule has 1 aliphatic heterocycles. The molecule has 0 bridgehead atoms. The Morgan fingerprint density at radius 2 is 1.21 bits per heavy atom. The summed E-state index contributed by atoms with van der Waals surface area (Å²) in [5.41, 5.74) is 0. The first kappa shape index (κ1) is 24.0. The van der Waals surface area contributed by atoms with Crippen LogP contribution in [0.1, 0.15) is 12.8 Å². The largest absolute Gasteiger partial charge is 0.480 e. The third-order valence-corrected chi connectivity index (χ3v) is 3.99. The second kappa shape index (κ2) is 11.7. The summed E-state index contributed by atoms with van der Waals surface area (Å²) in [7, 11) is 0. The van der Waals surface area contributed by atoms with E-state index in [0.717, 1.165) is 9.80 Å². The van der Waals surface area contributed by atoms with Gasteiger partial charge in [-0.15, -0.1) is 0 Å². The van der Waals surface area contributed by atoms with E-state index in [9.17, 15) is 28.8 Å². The van der Waals surface area contributed by atoms with Crippen molar-refractivity contribution in [2.45, 2.75) is 12.8 Å². The van der Waals surface area contributed by atoms with Gasteiger partial charge in [0.15, 0.2) is 0 Å². The van der Waals surface area contributed by atoms with E-state index in [-0.39, 0.29) is 57.4 Å². The summed E-state index contributed by atoms with van der Waals surface area (Å²) in [6, 6.07) is 0. The fraction of sp³-hybridized carbons (Fsp3) is 0.625. The monoisotopic (exact) mass is 416 g/mol. The van der Waals surface area contributed by atoms with Gasteiger partial charge in [0.2, 0.25) is 17.7 Å². The summed E-state index contributed by atoms with van der Waals surface area (Å²) < 4.78 is 0. The average molecular weight is 416 g/mol. The molecule has 13 nitrogen and oxygen atoms in total. The zero-order chi connectivity index (χ0) is 22.0. The zero-order valence-electron chi connectivity index (χ0n) is 15.7. The second-order valence-electron chi connectivity index (χ2n) is 6.39. The first-order valence-electron chi connectivity index (χ1n) is 8.78. The van der Waals surface area contributed by atoms with Crippen molar-refractivity contribution in [2.75, 3.05) is 52.4 Å². The van der Waals surface area contributed by atoms with Crippen LogP contribution in [0.15, 0.2) is 0 Å². The fourth-order valence-corrected chi connectivity index (χ4v) is 2.72. The van der Waals surface area contributed by atoms with Crippen LogP contribution in [-0.4, -0.2) is 118 Å². The Labute approximate surface area is 165 Å². The Morgan fingerprint density at radius 3 is 1.62 bits per heavy atom. The molecule has 0 aliphatic carbocycles. The first-order valence-corrected chi connectivity index (χ1v) is 8.78. The van der Waals surface area contributed by atoms with Crippen LogP contribution < -0.4 is 5.32 Å². The number of carbonyl (C=O) groups is 6. The van der Waals surface area contributed by atoms with E-state index in [4.69, 9.17) is 15.3 Å². The van der Waals surface area contributed by atoms with Gasteiger partial charge >= 0.3 is 17.9 Å². The number of imide groups is 1. The summed E-state index contributed by atoms with van der Waals surface area (Å²) in [6.45, 7) is -2.02. The lowest BCUT2D eigenvalue weighted by molar-refractivity contribution is -0.143. The van der Waals surface area contributed by atoms with Crippen molar-refractivity contribution >= 4 is 35.6 Å². The highest BCUT2D eigenvalue weighted by molar-refractivity contribution is 6.01. The number of likely N-dealkylation sites (tertiary alicyclic amines) is 1. The molecule has 0 aromatic heterocycles. The SMILES string of the molecule is O=C(O)CN(CCN(CC(=O)O)CC(=O)NCCN1C(=O)CCC1=O)CC(=O)O. The van der Waals surface area contributed by atoms with Crippen LogP contribution in [0.4, 0.5) is 0 Å².